The van der Waals surface area contributed by atoms with Crippen molar-refractivity contribution in [3.05, 3.63) is 48.0 Å². The maximum Gasteiger partial charge on any atom is 0.244 e. The number of rotatable bonds is 3. The Kier molecular flexibility index (Phi) is 4.13. The van der Waals surface area contributed by atoms with E-state index in [1.54, 1.807) is 10.9 Å². The Morgan fingerprint density at radius 3 is 2.80 bits per heavy atom. The van der Waals surface area contributed by atoms with Gasteiger partial charge in [0.1, 0.15) is 12.1 Å². The van der Waals surface area contributed by atoms with E-state index in [1.165, 1.54) is 0 Å². The summed E-state index contributed by atoms with van der Waals surface area (Å²) in [5, 5.41) is 8.21. The number of amides is 1. The van der Waals surface area contributed by atoms with Gasteiger partial charge in [-0.05, 0) is 31.9 Å². The van der Waals surface area contributed by atoms with Crippen LogP contribution >= 0.6 is 0 Å². The third-order valence-corrected chi connectivity index (χ3v) is 4.74. The van der Waals surface area contributed by atoms with E-state index in [9.17, 15) is 4.79 Å². The maximum absolute atomic E-state index is 12.6. The smallest absolute Gasteiger partial charge is 0.244 e. The van der Waals surface area contributed by atoms with Crippen LogP contribution in [0, 0.1) is 6.92 Å². The Morgan fingerprint density at radius 1 is 1.20 bits per heavy atom. The molecule has 7 heteroatoms. The third-order valence-electron chi connectivity index (χ3n) is 4.74. The lowest BCUT2D eigenvalue weighted by Gasteiger charge is -2.31. The molecule has 3 heterocycles. The van der Waals surface area contributed by atoms with Crippen molar-refractivity contribution in [3.8, 4) is 0 Å². The molecule has 0 N–H and O–H groups in total. The number of carbonyl (C=O) groups excluding carboxylic acids is 1. The molecule has 1 saturated heterocycles. The lowest BCUT2D eigenvalue weighted by Crippen LogP contribution is -2.40. The van der Waals surface area contributed by atoms with Gasteiger partial charge >= 0.3 is 0 Å². The molecule has 2 aromatic heterocycles. The van der Waals surface area contributed by atoms with Crippen LogP contribution in [0.2, 0.25) is 0 Å². The SMILES string of the molecule is Cc1cncc(C2CCN(C(=O)Cn3nnc4ccccc43)CC2)n1. The third kappa shape index (κ3) is 3.22. The summed E-state index contributed by atoms with van der Waals surface area (Å²) in [7, 11) is 0. The Hall–Kier alpha value is -2.83. The van der Waals surface area contributed by atoms with Crippen LogP contribution in [0.4, 0.5) is 0 Å². The van der Waals surface area contributed by atoms with Crippen molar-refractivity contribution in [2.45, 2.75) is 32.2 Å². The van der Waals surface area contributed by atoms with Gasteiger partial charge in [0.05, 0.1) is 16.9 Å². The van der Waals surface area contributed by atoms with Gasteiger partial charge in [-0.15, -0.1) is 5.10 Å². The zero-order valence-corrected chi connectivity index (χ0v) is 14.2. The maximum atomic E-state index is 12.6. The molecule has 0 bridgehead atoms. The first-order valence-electron chi connectivity index (χ1n) is 8.55. The molecule has 128 valence electrons. The van der Waals surface area contributed by atoms with E-state index < -0.39 is 0 Å². The quantitative estimate of drug-likeness (QED) is 0.730. The van der Waals surface area contributed by atoms with E-state index in [0.717, 1.165) is 48.4 Å². The number of piperidine rings is 1. The van der Waals surface area contributed by atoms with Gasteiger partial charge in [0.2, 0.25) is 5.91 Å². The van der Waals surface area contributed by atoms with Gasteiger partial charge in [0, 0.05) is 31.4 Å². The van der Waals surface area contributed by atoms with Crippen LogP contribution in [-0.4, -0.2) is 48.9 Å². The average Bonchev–Trinajstić information content (AvgIpc) is 3.05. The Morgan fingerprint density at radius 2 is 2.00 bits per heavy atom. The van der Waals surface area contributed by atoms with Gasteiger partial charge in [-0.3, -0.25) is 14.8 Å². The molecule has 0 radical (unpaired) electrons. The first-order valence-corrected chi connectivity index (χ1v) is 8.55. The van der Waals surface area contributed by atoms with Crippen molar-refractivity contribution < 1.29 is 4.79 Å². The summed E-state index contributed by atoms with van der Waals surface area (Å²) in [5.74, 6) is 0.466. The summed E-state index contributed by atoms with van der Waals surface area (Å²) in [4.78, 5) is 23.3. The average molecular weight is 336 g/mol. The molecular formula is C18H20N6O. The van der Waals surface area contributed by atoms with Crippen LogP contribution in [0.25, 0.3) is 11.0 Å². The van der Waals surface area contributed by atoms with E-state index in [1.807, 2.05) is 42.3 Å². The van der Waals surface area contributed by atoms with Gasteiger partial charge < -0.3 is 4.90 Å². The molecule has 1 aliphatic heterocycles. The molecule has 0 spiro atoms. The van der Waals surface area contributed by atoms with Crippen LogP contribution in [0.15, 0.2) is 36.7 Å². The number of hydrogen-bond acceptors (Lipinski definition) is 5. The summed E-state index contributed by atoms with van der Waals surface area (Å²) in [5.41, 5.74) is 3.68. The normalized spacial score (nSPS) is 15.6. The number of likely N-dealkylation sites (tertiary alicyclic amines) is 1. The first-order chi connectivity index (χ1) is 12.2. The standard InChI is InChI=1S/C18H20N6O/c1-13-10-19-11-16(20-13)14-6-8-23(9-7-14)18(25)12-24-17-5-3-2-4-15(17)21-22-24/h2-5,10-11,14H,6-9,12H2,1H3. The van der Waals surface area contributed by atoms with Crippen LogP contribution in [0.5, 0.6) is 0 Å². The van der Waals surface area contributed by atoms with E-state index >= 15 is 0 Å². The largest absolute Gasteiger partial charge is 0.341 e. The van der Waals surface area contributed by atoms with Gasteiger partial charge in [0.25, 0.3) is 0 Å². The molecular weight excluding hydrogens is 316 g/mol. The molecule has 4 rings (SSSR count). The van der Waals surface area contributed by atoms with Crippen molar-refractivity contribution >= 4 is 16.9 Å². The minimum Gasteiger partial charge on any atom is -0.341 e. The fourth-order valence-electron chi connectivity index (χ4n) is 3.37. The van der Waals surface area contributed by atoms with Crippen molar-refractivity contribution in [2.24, 2.45) is 0 Å². The van der Waals surface area contributed by atoms with Crippen LogP contribution < -0.4 is 0 Å². The predicted molar refractivity (Wildman–Crippen MR) is 92.9 cm³/mol. The van der Waals surface area contributed by atoms with Gasteiger partial charge in [-0.1, -0.05) is 17.3 Å². The molecule has 3 aromatic rings. The Labute approximate surface area is 145 Å². The Bertz CT molecular complexity index is 897. The summed E-state index contributed by atoms with van der Waals surface area (Å²) in [6, 6.07) is 7.69. The molecule has 1 amide bonds. The first kappa shape index (κ1) is 15.7. The summed E-state index contributed by atoms with van der Waals surface area (Å²) < 4.78 is 1.68. The molecule has 0 atom stereocenters. The monoisotopic (exact) mass is 336 g/mol. The van der Waals surface area contributed by atoms with E-state index in [-0.39, 0.29) is 12.5 Å². The zero-order chi connectivity index (χ0) is 17.2. The topological polar surface area (TPSA) is 76.8 Å². The second-order valence-electron chi connectivity index (χ2n) is 6.48. The van der Waals surface area contributed by atoms with Gasteiger partial charge in [-0.2, -0.15) is 0 Å². The van der Waals surface area contributed by atoms with Crippen molar-refractivity contribution in [1.82, 2.24) is 29.9 Å². The molecule has 1 aliphatic rings. The van der Waals surface area contributed by atoms with Crippen molar-refractivity contribution in [3.63, 3.8) is 0 Å². The number of para-hydroxylation sites is 1. The van der Waals surface area contributed by atoms with E-state index in [2.05, 4.69) is 20.3 Å². The number of carbonyl (C=O) groups is 1. The second-order valence-corrected chi connectivity index (χ2v) is 6.48. The molecule has 7 nitrogen and oxygen atoms in total. The van der Waals surface area contributed by atoms with Crippen molar-refractivity contribution in [2.75, 3.05) is 13.1 Å². The highest BCUT2D eigenvalue weighted by Crippen LogP contribution is 2.26. The number of nitrogens with zero attached hydrogens (tertiary/aromatic N) is 6. The predicted octanol–water partition coefficient (Wildman–Crippen LogP) is 1.94. The second kappa shape index (κ2) is 6.58. The Balaban J connectivity index is 1.40. The molecule has 25 heavy (non-hydrogen) atoms. The lowest BCUT2D eigenvalue weighted by molar-refractivity contribution is -0.133. The lowest BCUT2D eigenvalue weighted by atomic mass is 9.93. The molecule has 0 saturated carbocycles. The highest BCUT2D eigenvalue weighted by Gasteiger charge is 2.25. The fraction of sp³-hybridized carbons (Fsp3) is 0.389. The summed E-state index contributed by atoms with van der Waals surface area (Å²) in [6.07, 6.45) is 5.45. The molecule has 1 fully saturated rings. The van der Waals surface area contributed by atoms with Crippen molar-refractivity contribution in [1.29, 1.82) is 0 Å². The van der Waals surface area contributed by atoms with Gasteiger partial charge in [-0.25, -0.2) is 4.68 Å². The fourth-order valence-corrected chi connectivity index (χ4v) is 3.37. The number of hydrogen-bond donors (Lipinski definition) is 0. The zero-order valence-electron chi connectivity index (χ0n) is 14.2. The summed E-state index contributed by atoms with van der Waals surface area (Å²) >= 11 is 0. The number of fused-ring (bicyclic) bond motifs is 1. The molecule has 0 unspecified atom stereocenters. The van der Waals surface area contributed by atoms with Crippen LogP contribution in [0.3, 0.4) is 0 Å². The highest BCUT2D eigenvalue weighted by molar-refractivity contribution is 5.79. The number of aromatic nitrogens is 5. The minimum atomic E-state index is 0.0874. The summed E-state index contributed by atoms with van der Waals surface area (Å²) in [6.45, 7) is 3.67. The molecule has 0 aliphatic carbocycles. The minimum absolute atomic E-state index is 0.0874. The number of aryl methyl sites for hydroxylation is 1. The van der Waals surface area contributed by atoms with Crippen LogP contribution in [0.1, 0.15) is 30.1 Å². The molecule has 1 aromatic carbocycles. The van der Waals surface area contributed by atoms with Crippen LogP contribution in [-0.2, 0) is 11.3 Å². The van der Waals surface area contributed by atoms with E-state index in [4.69, 9.17) is 0 Å². The highest BCUT2D eigenvalue weighted by atomic mass is 16.2. The van der Waals surface area contributed by atoms with E-state index in [0.29, 0.717) is 5.92 Å². The number of benzene rings is 1. The van der Waals surface area contributed by atoms with Gasteiger partial charge in [0.15, 0.2) is 0 Å².